The summed E-state index contributed by atoms with van der Waals surface area (Å²) in [6, 6.07) is 11.8. The van der Waals surface area contributed by atoms with Gasteiger partial charge in [0.25, 0.3) is 5.91 Å². The summed E-state index contributed by atoms with van der Waals surface area (Å²) in [5.41, 5.74) is 0.933. The second-order valence-corrected chi connectivity index (χ2v) is 6.91. The molecule has 2 aromatic rings. The number of hydrogen-bond donors (Lipinski definition) is 3. The second kappa shape index (κ2) is 10.8. The van der Waals surface area contributed by atoms with Crippen LogP contribution in [-0.2, 0) is 4.79 Å². The van der Waals surface area contributed by atoms with Crippen LogP contribution in [0.5, 0.6) is 5.75 Å². The molecule has 6 nitrogen and oxygen atoms in total. The van der Waals surface area contributed by atoms with Gasteiger partial charge in [0.15, 0.2) is 5.11 Å². The van der Waals surface area contributed by atoms with E-state index in [0.29, 0.717) is 40.1 Å². The first kappa shape index (κ1) is 21.9. The van der Waals surface area contributed by atoms with Gasteiger partial charge in [-0.2, -0.15) is 0 Å². The lowest BCUT2D eigenvalue weighted by atomic mass is 10.1. The highest BCUT2D eigenvalue weighted by molar-refractivity contribution is 7.80. The minimum absolute atomic E-state index is 0.114. The number of halogens is 2. The average Bonchev–Trinajstić information content (AvgIpc) is 2.66. The van der Waals surface area contributed by atoms with Crippen molar-refractivity contribution in [3.8, 4) is 5.75 Å². The van der Waals surface area contributed by atoms with Crippen molar-refractivity contribution in [2.24, 2.45) is 0 Å². The van der Waals surface area contributed by atoms with Gasteiger partial charge in [-0.05, 0) is 49.0 Å². The lowest BCUT2D eigenvalue weighted by Gasteiger charge is -2.13. The number of para-hydroxylation sites is 1. The Kier molecular flexibility index (Phi) is 8.50. The molecule has 2 rings (SSSR count). The normalized spacial score (nSPS) is 10.1. The molecule has 0 saturated carbocycles. The Morgan fingerprint density at radius 2 is 1.89 bits per heavy atom. The molecule has 3 N–H and O–H groups in total. The van der Waals surface area contributed by atoms with Crippen molar-refractivity contribution in [2.45, 2.75) is 12.8 Å². The van der Waals surface area contributed by atoms with E-state index < -0.39 is 0 Å². The van der Waals surface area contributed by atoms with E-state index in [1.54, 1.807) is 49.5 Å². The molecule has 0 atom stereocenters. The van der Waals surface area contributed by atoms with Crippen LogP contribution in [-0.4, -0.2) is 30.6 Å². The van der Waals surface area contributed by atoms with Gasteiger partial charge in [0, 0.05) is 18.5 Å². The lowest BCUT2D eigenvalue weighted by Crippen LogP contribution is -2.34. The number of nitrogens with one attached hydrogen (secondary N) is 3. The molecular formula is C19H19Cl2N3O3S. The van der Waals surface area contributed by atoms with Crippen LogP contribution in [0, 0.1) is 0 Å². The van der Waals surface area contributed by atoms with Crippen molar-refractivity contribution in [1.29, 1.82) is 0 Å². The van der Waals surface area contributed by atoms with E-state index in [2.05, 4.69) is 16.0 Å². The van der Waals surface area contributed by atoms with Crippen molar-refractivity contribution in [3.05, 3.63) is 58.1 Å². The summed E-state index contributed by atoms with van der Waals surface area (Å²) >= 11 is 17.0. The number of carbonyl (C=O) groups is 2. The number of benzene rings is 2. The molecule has 0 fully saturated rings. The maximum atomic E-state index is 12.0. The molecule has 0 unspecified atom stereocenters. The summed E-state index contributed by atoms with van der Waals surface area (Å²) in [7, 11) is 1.54. The predicted octanol–water partition coefficient (Wildman–Crippen LogP) is 4.03. The molecule has 0 spiro atoms. The largest absolute Gasteiger partial charge is 0.492 e. The van der Waals surface area contributed by atoms with Gasteiger partial charge in [-0.1, -0.05) is 35.3 Å². The fourth-order valence-corrected chi connectivity index (χ4v) is 2.96. The van der Waals surface area contributed by atoms with Gasteiger partial charge in [0.1, 0.15) is 5.75 Å². The maximum absolute atomic E-state index is 12.0. The Balaban J connectivity index is 1.77. The molecular weight excluding hydrogens is 421 g/mol. The molecule has 28 heavy (non-hydrogen) atoms. The first-order valence-electron chi connectivity index (χ1n) is 8.40. The predicted molar refractivity (Wildman–Crippen MR) is 115 cm³/mol. The van der Waals surface area contributed by atoms with Crippen LogP contribution in [0.25, 0.3) is 0 Å². The number of carbonyl (C=O) groups excluding carboxylic acids is 2. The molecule has 0 aliphatic rings. The van der Waals surface area contributed by atoms with E-state index in [-0.39, 0.29) is 23.3 Å². The van der Waals surface area contributed by atoms with Crippen molar-refractivity contribution in [1.82, 2.24) is 10.6 Å². The molecule has 0 bridgehead atoms. The Labute approximate surface area is 178 Å². The van der Waals surface area contributed by atoms with Gasteiger partial charge in [-0.25, -0.2) is 0 Å². The lowest BCUT2D eigenvalue weighted by molar-refractivity contribution is -0.119. The minimum atomic E-state index is -0.263. The van der Waals surface area contributed by atoms with Crippen LogP contribution in [0.15, 0.2) is 42.5 Å². The number of rotatable bonds is 7. The highest BCUT2D eigenvalue weighted by Crippen LogP contribution is 2.27. The molecule has 2 amide bonds. The SMILES string of the molecule is CNC(=O)c1ccccc1NC(=S)NC(=O)CCCOc1ccc(Cl)cc1Cl. The van der Waals surface area contributed by atoms with Crippen molar-refractivity contribution in [2.75, 3.05) is 19.0 Å². The first-order chi connectivity index (χ1) is 13.4. The highest BCUT2D eigenvalue weighted by atomic mass is 35.5. The summed E-state index contributed by atoms with van der Waals surface area (Å²) in [5, 5.41) is 9.05. The minimum Gasteiger partial charge on any atom is -0.492 e. The molecule has 0 saturated heterocycles. The highest BCUT2D eigenvalue weighted by Gasteiger charge is 2.11. The topological polar surface area (TPSA) is 79.5 Å². The Hall–Kier alpha value is -2.35. The first-order valence-corrected chi connectivity index (χ1v) is 9.57. The van der Waals surface area contributed by atoms with Gasteiger partial charge in [0.05, 0.1) is 22.9 Å². The third-order valence-electron chi connectivity index (χ3n) is 3.60. The number of amides is 2. The quantitative estimate of drug-likeness (QED) is 0.448. The second-order valence-electron chi connectivity index (χ2n) is 5.65. The number of anilines is 1. The van der Waals surface area contributed by atoms with Gasteiger partial charge in [0.2, 0.25) is 5.91 Å². The van der Waals surface area contributed by atoms with Crippen molar-refractivity contribution >= 4 is 58.0 Å². The van der Waals surface area contributed by atoms with E-state index in [1.165, 1.54) is 0 Å². The monoisotopic (exact) mass is 439 g/mol. The molecule has 0 heterocycles. The molecule has 2 aromatic carbocycles. The van der Waals surface area contributed by atoms with E-state index in [9.17, 15) is 9.59 Å². The van der Waals surface area contributed by atoms with Crippen LogP contribution in [0.1, 0.15) is 23.2 Å². The summed E-state index contributed by atoms with van der Waals surface area (Å²) in [6.07, 6.45) is 0.687. The molecule has 9 heteroatoms. The number of ether oxygens (including phenoxy) is 1. The maximum Gasteiger partial charge on any atom is 0.253 e. The van der Waals surface area contributed by atoms with Crippen LogP contribution in [0.4, 0.5) is 5.69 Å². The summed E-state index contributed by atoms with van der Waals surface area (Å²) in [4.78, 5) is 23.9. The third-order valence-corrected chi connectivity index (χ3v) is 4.33. The molecule has 0 aliphatic carbocycles. The van der Waals surface area contributed by atoms with Gasteiger partial charge in [-0.3, -0.25) is 9.59 Å². The van der Waals surface area contributed by atoms with Crippen LogP contribution < -0.4 is 20.7 Å². The van der Waals surface area contributed by atoms with E-state index in [0.717, 1.165) is 0 Å². The zero-order valence-corrected chi connectivity index (χ0v) is 17.4. The zero-order valence-electron chi connectivity index (χ0n) is 15.1. The summed E-state index contributed by atoms with van der Waals surface area (Å²) in [6.45, 7) is 0.314. The van der Waals surface area contributed by atoms with Crippen LogP contribution in [0.2, 0.25) is 10.0 Å². The summed E-state index contributed by atoms with van der Waals surface area (Å²) < 4.78 is 5.53. The molecule has 0 aromatic heterocycles. The molecule has 0 radical (unpaired) electrons. The van der Waals surface area contributed by atoms with Crippen LogP contribution >= 0.6 is 35.4 Å². The Morgan fingerprint density at radius 3 is 2.61 bits per heavy atom. The molecule has 148 valence electrons. The van der Waals surface area contributed by atoms with E-state index >= 15 is 0 Å². The standard InChI is InChI=1S/C19H19Cl2N3O3S/c1-22-18(26)13-5-2-3-6-15(13)23-19(28)24-17(25)7-4-10-27-16-9-8-12(20)11-14(16)21/h2-3,5-6,8-9,11H,4,7,10H2,1H3,(H,22,26)(H2,23,24,25,28). The van der Waals surface area contributed by atoms with Crippen molar-refractivity contribution < 1.29 is 14.3 Å². The van der Waals surface area contributed by atoms with Gasteiger partial charge < -0.3 is 20.7 Å². The van der Waals surface area contributed by atoms with Crippen LogP contribution in [0.3, 0.4) is 0 Å². The van der Waals surface area contributed by atoms with Crippen molar-refractivity contribution in [3.63, 3.8) is 0 Å². The number of thiocarbonyl (C=S) groups is 1. The third kappa shape index (κ3) is 6.67. The van der Waals surface area contributed by atoms with Gasteiger partial charge >= 0.3 is 0 Å². The molecule has 0 aliphatic heterocycles. The van der Waals surface area contributed by atoms with E-state index in [1.807, 2.05) is 0 Å². The number of hydrogen-bond acceptors (Lipinski definition) is 4. The Morgan fingerprint density at radius 1 is 1.14 bits per heavy atom. The fraction of sp³-hybridized carbons (Fsp3) is 0.211. The smallest absolute Gasteiger partial charge is 0.253 e. The Bertz CT molecular complexity index is 877. The van der Waals surface area contributed by atoms with E-state index in [4.69, 9.17) is 40.2 Å². The average molecular weight is 440 g/mol. The fourth-order valence-electron chi connectivity index (χ4n) is 2.27. The van der Waals surface area contributed by atoms with Gasteiger partial charge in [-0.15, -0.1) is 0 Å². The summed E-state index contributed by atoms with van der Waals surface area (Å²) in [5.74, 6) is -0.00886. The zero-order chi connectivity index (χ0) is 20.5.